The normalized spacial score (nSPS) is 13.4. The van der Waals surface area contributed by atoms with Crippen molar-refractivity contribution in [1.29, 1.82) is 0 Å². The highest BCUT2D eigenvalue weighted by molar-refractivity contribution is 4.60. The molecule has 0 heteroatoms. The molecule has 0 heterocycles. The molecule has 0 aromatic rings. The third-order valence-corrected chi connectivity index (χ3v) is 2.16. The van der Waals surface area contributed by atoms with Crippen molar-refractivity contribution in [2.75, 3.05) is 0 Å². The van der Waals surface area contributed by atoms with Crippen molar-refractivity contribution >= 4 is 0 Å². The lowest BCUT2D eigenvalue weighted by atomic mass is 9.98. The Morgan fingerprint density at radius 2 is 1.64 bits per heavy atom. The second kappa shape index (κ2) is 8.10. The summed E-state index contributed by atoms with van der Waals surface area (Å²) in [7, 11) is 0. The maximum Gasteiger partial charge on any atom is -0.0414 e. The highest BCUT2D eigenvalue weighted by atomic mass is 14.0. The van der Waals surface area contributed by atoms with E-state index >= 15 is 0 Å². The van der Waals surface area contributed by atoms with Gasteiger partial charge in [-0.3, -0.25) is 0 Å². The third kappa shape index (κ3) is 7.90. The Balaban J connectivity index is 2.97. The Bertz CT molecular complexity index is 66.4. The molecule has 0 aliphatic heterocycles. The van der Waals surface area contributed by atoms with Crippen molar-refractivity contribution in [1.82, 2.24) is 0 Å². The summed E-state index contributed by atoms with van der Waals surface area (Å²) in [6.07, 6.45) is 9.49. The average molecular weight is 155 g/mol. The first-order valence-corrected chi connectivity index (χ1v) is 5.14. The molecule has 0 spiro atoms. The molecule has 0 aliphatic carbocycles. The van der Waals surface area contributed by atoms with Crippen LogP contribution in [-0.4, -0.2) is 0 Å². The molecule has 0 rings (SSSR count). The van der Waals surface area contributed by atoms with Gasteiger partial charge in [-0.25, -0.2) is 0 Å². The first kappa shape index (κ1) is 11.0. The Morgan fingerprint density at radius 3 is 2.18 bits per heavy atom. The van der Waals surface area contributed by atoms with E-state index in [1.165, 1.54) is 44.9 Å². The monoisotopic (exact) mass is 155 g/mol. The first-order valence-electron chi connectivity index (χ1n) is 5.14. The van der Waals surface area contributed by atoms with Crippen molar-refractivity contribution in [3.05, 3.63) is 6.92 Å². The zero-order valence-corrected chi connectivity index (χ0v) is 8.23. The summed E-state index contributed by atoms with van der Waals surface area (Å²) in [5.74, 6) is 0.719. The third-order valence-electron chi connectivity index (χ3n) is 2.16. The molecule has 67 valence electrons. The van der Waals surface area contributed by atoms with Crippen LogP contribution in [0.15, 0.2) is 0 Å². The zero-order valence-electron chi connectivity index (χ0n) is 8.23. The zero-order chi connectivity index (χ0) is 8.53. The van der Waals surface area contributed by atoms with E-state index in [0.29, 0.717) is 0 Å². The smallest absolute Gasteiger partial charge is 0.0414 e. The van der Waals surface area contributed by atoms with E-state index in [0.717, 1.165) is 5.92 Å². The molecule has 11 heavy (non-hydrogen) atoms. The van der Waals surface area contributed by atoms with Gasteiger partial charge in [0.1, 0.15) is 0 Å². The van der Waals surface area contributed by atoms with Crippen LogP contribution in [0.5, 0.6) is 0 Å². The van der Waals surface area contributed by atoms with E-state index in [-0.39, 0.29) is 0 Å². The Kier molecular flexibility index (Phi) is 8.10. The second-order valence-electron chi connectivity index (χ2n) is 3.50. The highest BCUT2D eigenvalue weighted by Crippen LogP contribution is 2.14. The van der Waals surface area contributed by atoms with Crippen LogP contribution in [0.25, 0.3) is 0 Å². The predicted octanol–water partition coefficient (Wildman–Crippen LogP) is 4.21. The van der Waals surface area contributed by atoms with Crippen LogP contribution in [0, 0.1) is 12.8 Å². The standard InChI is InChI=1S/C11H23/c1-4-6-7-8-10-11(3)9-5-2/h11H,3-10H2,1-2H3. The summed E-state index contributed by atoms with van der Waals surface area (Å²) in [4.78, 5) is 0. The van der Waals surface area contributed by atoms with Crippen molar-refractivity contribution in [2.45, 2.75) is 58.8 Å². The van der Waals surface area contributed by atoms with Crippen LogP contribution < -0.4 is 0 Å². The largest absolute Gasteiger partial charge is 0.0654 e. The summed E-state index contributed by atoms with van der Waals surface area (Å²) in [6.45, 7) is 8.62. The van der Waals surface area contributed by atoms with Gasteiger partial charge in [-0.15, -0.1) is 0 Å². The van der Waals surface area contributed by atoms with Crippen LogP contribution in [0.4, 0.5) is 0 Å². The molecule has 0 fully saturated rings. The molecule has 0 saturated heterocycles. The van der Waals surface area contributed by atoms with Gasteiger partial charge in [0.2, 0.25) is 0 Å². The second-order valence-corrected chi connectivity index (χ2v) is 3.50. The minimum Gasteiger partial charge on any atom is -0.0654 e. The Hall–Kier alpha value is 0. The quantitative estimate of drug-likeness (QED) is 0.483. The lowest BCUT2D eigenvalue weighted by molar-refractivity contribution is 0.493. The van der Waals surface area contributed by atoms with Gasteiger partial charge in [-0.1, -0.05) is 65.7 Å². The molecule has 0 amide bonds. The van der Waals surface area contributed by atoms with Crippen molar-refractivity contribution in [3.63, 3.8) is 0 Å². The molecule has 0 aromatic carbocycles. The first-order chi connectivity index (χ1) is 5.31. The van der Waals surface area contributed by atoms with Crippen molar-refractivity contribution < 1.29 is 0 Å². The van der Waals surface area contributed by atoms with Gasteiger partial charge in [0.25, 0.3) is 0 Å². The molecule has 1 unspecified atom stereocenters. The fourth-order valence-electron chi connectivity index (χ4n) is 1.41. The number of hydrogen-bond acceptors (Lipinski definition) is 0. The summed E-state index contributed by atoms with van der Waals surface area (Å²) < 4.78 is 0. The fourth-order valence-corrected chi connectivity index (χ4v) is 1.41. The van der Waals surface area contributed by atoms with Crippen LogP contribution in [-0.2, 0) is 0 Å². The van der Waals surface area contributed by atoms with E-state index in [4.69, 9.17) is 0 Å². The molecule has 1 radical (unpaired) electrons. The molecule has 0 saturated carbocycles. The summed E-state index contributed by atoms with van der Waals surface area (Å²) >= 11 is 0. The van der Waals surface area contributed by atoms with E-state index in [1.54, 1.807) is 0 Å². The minimum absolute atomic E-state index is 0.719. The Labute approximate surface area is 72.4 Å². The lowest BCUT2D eigenvalue weighted by Crippen LogP contribution is -1.93. The van der Waals surface area contributed by atoms with Gasteiger partial charge < -0.3 is 0 Å². The van der Waals surface area contributed by atoms with Gasteiger partial charge in [0, 0.05) is 0 Å². The van der Waals surface area contributed by atoms with Gasteiger partial charge in [-0.05, 0) is 5.92 Å². The molecule has 0 bridgehead atoms. The van der Waals surface area contributed by atoms with Crippen LogP contribution >= 0.6 is 0 Å². The van der Waals surface area contributed by atoms with Crippen LogP contribution in [0.3, 0.4) is 0 Å². The van der Waals surface area contributed by atoms with Crippen molar-refractivity contribution in [2.24, 2.45) is 5.92 Å². The Morgan fingerprint density at radius 1 is 0.909 bits per heavy atom. The van der Waals surface area contributed by atoms with E-state index in [2.05, 4.69) is 20.8 Å². The molecule has 0 N–H and O–H groups in total. The van der Waals surface area contributed by atoms with E-state index in [9.17, 15) is 0 Å². The van der Waals surface area contributed by atoms with Gasteiger partial charge in [0.15, 0.2) is 0 Å². The number of rotatable bonds is 7. The van der Waals surface area contributed by atoms with Crippen LogP contribution in [0.2, 0.25) is 0 Å². The summed E-state index contributed by atoms with van der Waals surface area (Å²) in [6, 6.07) is 0. The highest BCUT2D eigenvalue weighted by Gasteiger charge is 1.98. The molecule has 0 nitrogen and oxygen atoms in total. The predicted molar refractivity (Wildman–Crippen MR) is 52.5 cm³/mol. The molecular formula is C11H23. The summed E-state index contributed by atoms with van der Waals surface area (Å²) in [5.41, 5.74) is 0. The summed E-state index contributed by atoms with van der Waals surface area (Å²) in [5, 5.41) is 0. The molecule has 0 aromatic heterocycles. The maximum absolute atomic E-state index is 4.13. The lowest BCUT2D eigenvalue weighted by Gasteiger charge is -2.08. The van der Waals surface area contributed by atoms with Gasteiger partial charge in [0.05, 0.1) is 0 Å². The SMILES string of the molecule is [CH2]C(CCC)CCCCCC. The topological polar surface area (TPSA) is 0 Å². The van der Waals surface area contributed by atoms with Crippen molar-refractivity contribution in [3.8, 4) is 0 Å². The molecule has 0 aliphatic rings. The van der Waals surface area contributed by atoms with Gasteiger partial charge in [-0.2, -0.15) is 0 Å². The fraction of sp³-hybridized carbons (Fsp3) is 0.909. The van der Waals surface area contributed by atoms with Gasteiger partial charge >= 0.3 is 0 Å². The van der Waals surface area contributed by atoms with Crippen LogP contribution in [0.1, 0.15) is 58.8 Å². The molecule has 1 atom stereocenters. The van der Waals surface area contributed by atoms with E-state index in [1.807, 2.05) is 0 Å². The minimum atomic E-state index is 0.719. The number of hydrogen-bond donors (Lipinski definition) is 0. The molecular weight excluding hydrogens is 132 g/mol. The maximum atomic E-state index is 4.13. The average Bonchev–Trinajstić information content (AvgIpc) is 1.99. The number of unbranched alkanes of at least 4 members (excludes halogenated alkanes) is 3. The van der Waals surface area contributed by atoms with E-state index < -0.39 is 0 Å².